The van der Waals surface area contributed by atoms with Crippen LogP contribution < -0.4 is 9.47 Å². The number of hydrogen-bond acceptors (Lipinski definition) is 8. The maximum atomic E-state index is 13.7. The summed E-state index contributed by atoms with van der Waals surface area (Å²) in [7, 11) is 3.05. The Morgan fingerprint density at radius 1 is 1.03 bits per heavy atom. The number of amides is 1. The fourth-order valence-electron chi connectivity index (χ4n) is 4.79. The second-order valence-electron chi connectivity index (χ2n) is 8.71. The van der Waals surface area contributed by atoms with E-state index in [9.17, 15) is 14.7 Å². The van der Waals surface area contributed by atoms with E-state index in [1.807, 2.05) is 18.2 Å². The number of fused-ring (bicyclic) bond motifs is 1. The summed E-state index contributed by atoms with van der Waals surface area (Å²) < 4.78 is 22.0. The Kier molecular flexibility index (Phi) is 6.67. The molecule has 0 spiro atoms. The number of Topliss-reactive ketones (excluding diaryl/α,β-unsaturated/α-hetero) is 1. The fourth-order valence-corrected chi connectivity index (χ4v) is 4.79. The first-order valence-corrected chi connectivity index (χ1v) is 11.8. The van der Waals surface area contributed by atoms with Crippen molar-refractivity contribution < 1.29 is 33.3 Å². The van der Waals surface area contributed by atoms with Gasteiger partial charge in [0.15, 0.2) is 23.0 Å². The number of ketones is 1. The molecule has 0 saturated carbocycles. The van der Waals surface area contributed by atoms with Crippen LogP contribution in [-0.2, 0) is 9.53 Å². The minimum absolute atomic E-state index is 0.0201. The normalized spacial score (nSPS) is 18.8. The monoisotopic (exact) mass is 492 g/mol. The highest BCUT2D eigenvalue weighted by molar-refractivity contribution is 6.16. The van der Waals surface area contributed by atoms with Gasteiger partial charge in [0.2, 0.25) is 5.78 Å². The molecule has 2 aliphatic heterocycles. The van der Waals surface area contributed by atoms with Crippen LogP contribution in [0.1, 0.15) is 22.2 Å². The molecular weight excluding hydrogens is 464 g/mol. The van der Waals surface area contributed by atoms with Crippen LogP contribution in [0.3, 0.4) is 0 Å². The van der Waals surface area contributed by atoms with E-state index in [-0.39, 0.29) is 11.3 Å². The Balaban J connectivity index is 1.54. The van der Waals surface area contributed by atoms with Crippen LogP contribution in [-0.4, -0.2) is 80.2 Å². The Morgan fingerprint density at radius 3 is 2.50 bits per heavy atom. The fraction of sp³-hybridized carbons (Fsp3) is 0.333. The largest absolute Gasteiger partial charge is 0.503 e. The third-order valence-corrected chi connectivity index (χ3v) is 6.68. The zero-order chi connectivity index (χ0) is 25.2. The molecule has 0 radical (unpaired) electrons. The number of rotatable bonds is 8. The van der Waals surface area contributed by atoms with Crippen molar-refractivity contribution in [2.75, 3.05) is 53.6 Å². The van der Waals surface area contributed by atoms with Gasteiger partial charge in [-0.1, -0.05) is 24.3 Å². The van der Waals surface area contributed by atoms with Gasteiger partial charge in [-0.3, -0.25) is 14.5 Å². The highest BCUT2D eigenvalue weighted by atomic mass is 16.5. The lowest BCUT2D eigenvalue weighted by molar-refractivity contribution is -0.129. The molecule has 1 saturated heterocycles. The predicted octanol–water partition coefficient (Wildman–Crippen LogP) is 3.36. The summed E-state index contributed by atoms with van der Waals surface area (Å²) in [4.78, 5) is 30.7. The molecule has 0 bridgehead atoms. The van der Waals surface area contributed by atoms with Crippen molar-refractivity contribution >= 4 is 22.7 Å². The minimum Gasteiger partial charge on any atom is -0.503 e. The Bertz CT molecular complexity index is 1290. The highest BCUT2D eigenvalue weighted by Gasteiger charge is 2.44. The summed E-state index contributed by atoms with van der Waals surface area (Å²) >= 11 is 0. The summed E-state index contributed by atoms with van der Waals surface area (Å²) in [6.45, 7) is 3.68. The van der Waals surface area contributed by atoms with Gasteiger partial charge in [0.05, 0.1) is 39.0 Å². The Labute approximate surface area is 208 Å². The van der Waals surface area contributed by atoms with E-state index in [1.165, 1.54) is 19.1 Å². The van der Waals surface area contributed by atoms with Gasteiger partial charge in [0, 0.05) is 31.6 Å². The number of aliphatic hydroxyl groups excluding tert-OH is 1. The molecule has 2 aromatic carbocycles. The minimum atomic E-state index is -0.820. The molecule has 9 nitrogen and oxygen atoms in total. The number of furan rings is 1. The van der Waals surface area contributed by atoms with Gasteiger partial charge in [0.1, 0.15) is 5.58 Å². The number of aliphatic hydroxyl groups is 1. The number of nitrogens with zero attached hydrogens (tertiary/aromatic N) is 2. The molecule has 1 N–H and O–H groups in total. The number of para-hydroxylation sites is 1. The van der Waals surface area contributed by atoms with Crippen molar-refractivity contribution in [2.24, 2.45) is 0 Å². The van der Waals surface area contributed by atoms with E-state index >= 15 is 0 Å². The van der Waals surface area contributed by atoms with Gasteiger partial charge in [-0.25, -0.2) is 0 Å². The smallest absolute Gasteiger partial charge is 0.290 e. The van der Waals surface area contributed by atoms with E-state index in [4.69, 9.17) is 18.6 Å². The molecule has 2 aliphatic rings. The van der Waals surface area contributed by atoms with Crippen LogP contribution in [0.25, 0.3) is 11.0 Å². The maximum Gasteiger partial charge on any atom is 0.290 e. The van der Waals surface area contributed by atoms with E-state index in [0.29, 0.717) is 48.9 Å². The van der Waals surface area contributed by atoms with Crippen LogP contribution in [0.4, 0.5) is 0 Å². The summed E-state index contributed by atoms with van der Waals surface area (Å²) in [6, 6.07) is 13.3. The first kappa shape index (κ1) is 23.9. The molecule has 5 rings (SSSR count). The quantitative estimate of drug-likeness (QED) is 0.478. The topological polar surface area (TPSA) is 102 Å². The van der Waals surface area contributed by atoms with E-state index in [2.05, 4.69) is 4.90 Å². The zero-order valence-corrected chi connectivity index (χ0v) is 20.2. The summed E-state index contributed by atoms with van der Waals surface area (Å²) in [6.07, 6.45) is 0. The first-order valence-electron chi connectivity index (χ1n) is 11.8. The van der Waals surface area contributed by atoms with E-state index in [0.717, 1.165) is 18.5 Å². The predicted molar refractivity (Wildman–Crippen MR) is 131 cm³/mol. The number of carbonyl (C=O) groups excluding carboxylic acids is 2. The van der Waals surface area contributed by atoms with Crippen molar-refractivity contribution in [3.63, 3.8) is 0 Å². The number of benzene rings is 2. The summed E-state index contributed by atoms with van der Waals surface area (Å²) in [5.74, 6) is -0.664. The molecule has 3 aromatic rings. The van der Waals surface area contributed by atoms with Crippen LogP contribution >= 0.6 is 0 Å². The molecule has 0 aliphatic carbocycles. The Hall–Kier alpha value is -3.82. The lowest BCUT2D eigenvalue weighted by Crippen LogP contribution is -2.43. The van der Waals surface area contributed by atoms with Gasteiger partial charge in [0.25, 0.3) is 5.91 Å². The molecule has 36 heavy (non-hydrogen) atoms. The first-order chi connectivity index (χ1) is 17.5. The molecule has 1 atom stereocenters. The molecule has 188 valence electrons. The van der Waals surface area contributed by atoms with E-state index < -0.39 is 23.5 Å². The molecule has 3 heterocycles. The van der Waals surface area contributed by atoms with Gasteiger partial charge in [-0.15, -0.1) is 0 Å². The van der Waals surface area contributed by atoms with Crippen molar-refractivity contribution in [3.8, 4) is 11.5 Å². The van der Waals surface area contributed by atoms with Crippen LogP contribution in [0.2, 0.25) is 0 Å². The third kappa shape index (κ3) is 4.31. The van der Waals surface area contributed by atoms with Gasteiger partial charge < -0.3 is 28.6 Å². The molecular formula is C27H28N2O7. The SMILES string of the molecule is COc1ccc([C@H]2C(C(=O)c3cc4ccccc4o3)=C(O)C(=O)N2CCN2CCOCC2)cc1OC. The number of carbonyl (C=O) groups is 2. The summed E-state index contributed by atoms with van der Waals surface area (Å²) in [5, 5.41) is 11.7. The highest BCUT2D eigenvalue weighted by Crippen LogP contribution is 2.42. The van der Waals surface area contributed by atoms with Crippen molar-refractivity contribution in [1.82, 2.24) is 9.80 Å². The van der Waals surface area contributed by atoms with Gasteiger partial charge >= 0.3 is 0 Å². The summed E-state index contributed by atoms with van der Waals surface area (Å²) in [5.41, 5.74) is 1.15. The zero-order valence-electron chi connectivity index (χ0n) is 20.2. The van der Waals surface area contributed by atoms with Crippen LogP contribution in [0.5, 0.6) is 11.5 Å². The Morgan fingerprint density at radius 2 is 1.78 bits per heavy atom. The van der Waals surface area contributed by atoms with Crippen LogP contribution in [0, 0.1) is 0 Å². The average Bonchev–Trinajstić information content (AvgIpc) is 3.46. The van der Waals surface area contributed by atoms with Gasteiger partial charge in [-0.05, 0) is 29.8 Å². The average molecular weight is 493 g/mol. The molecule has 1 aromatic heterocycles. The van der Waals surface area contributed by atoms with Gasteiger partial charge in [-0.2, -0.15) is 0 Å². The second-order valence-corrected chi connectivity index (χ2v) is 8.71. The standard InChI is InChI=1S/C27H28N2O7/c1-33-20-8-7-18(16-21(20)34-2)24-23(25(30)22-15-17-5-3-4-6-19(17)36-22)26(31)27(32)29(24)10-9-28-11-13-35-14-12-28/h3-8,15-16,24,31H,9-14H2,1-2H3/t24-/m0/s1. The second kappa shape index (κ2) is 10.0. The number of morpholine rings is 1. The molecule has 0 unspecified atom stereocenters. The lowest BCUT2D eigenvalue weighted by Gasteiger charge is -2.31. The lowest BCUT2D eigenvalue weighted by atomic mass is 9.94. The van der Waals surface area contributed by atoms with Crippen molar-refractivity contribution in [3.05, 3.63) is 71.2 Å². The number of hydrogen-bond donors (Lipinski definition) is 1. The van der Waals surface area contributed by atoms with Crippen molar-refractivity contribution in [1.29, 1.82) is 0 Å². The maximum absolute atomic E-state index is 13.7. The molecule has 1 fully saturated rings. The third-order valence-electron chi connectivity index (χ3n) is 6.68. The van der Waals surface area contributed by atoms with Crippen molar-refractivity contribution in [2.45, 2.75) is 6.04 Å². The molecule has 9 heteroatoms. The number of ether oxygens (including phenoxy) is 3. The van der Waals surface area contributed by atoms with E-state index in [1.54, 1.807) is 30.3 Å². The van der Waals surface area contributed by atoms with Crippen LogP contribution in [0.15, 0.2) is 64.3 Å². The molecule has 1 amide bonds. The number of methoxy groups -OCH3 is 2.